The molecule has 0 aliphatic heterocycles. The lowest BCUT2D eigenvalue weighted by Gasteiger charge is -2.57. The second kappa shape index (κ2) is 7.75. The highest BCUT2D eigenvalue weighted by Crippen LogP contribution is 2.62. The Labute approximate surface area is 193 Å². The average molecular weight is 444 g/mol. The van der Waals surface area contributed by atoms with E-state index < -0.39 is 5.97 Å². The predicted octanol–water partition coefficient (Wildman–Crippen LogP) is 6.57. The van der Waals surface area contributed by atoms with E-state index >= 15 is 0 Å². The molecule has 170 valence electrons. The van der Waals surface area contributed by atoms with Gasteiger partial charge in [0.15, 0.2) is 5.76 Å². The summed E-state index contributed by atoms with van der Waals surface area (Å²) in [6.07, 6.45) is 8.08. The Bertz CT molecular complexity index is 1160. The van der Waals surface area contributed by atoms with Crippen molar-refractivity contribution in [3.05, 3.63) is 59.7 Å². The topological polar surface area (TPSA) is 72.6 Å². The van der Waals surface area contributed by atoms with Crippen LogP contribution in [-0.4, -0.2) is 22.8 Å². The summed E-state index contributed by atoms with van der Waals surface area (Å²) in [4.78, 5) is 11.1. The second-order valence-corrected chi connectivity index (χ2v) is 10.3. The molecule has 4 aliphatic rings. The maximum Gasteiger partial charge on any atom is 0.335 e. The molecule has 1 aromatic heterocycles. The first-order chi connectivity index (χ1) is 16.0. The highest BCUT2D eigenvalue weighted by Gasteiger charge is 2.52. The number of benzene rings is 2. The molecule has 0 unspecified atom stereocenters. The number of carbonyl (C=O) groups is 1. The molecule has 1 N–H and O–H groups in total. The first kappa shape index (κ1) is 20.5. The van der Waals surface area contributed by atoms with Crippen molar-refractivity contribution >= 4 is 5.97 Å². The third kappa shape index (κ3) is 3.54. The van der Waals surface area contributed by atoms with Crippen LogP contribution >= 0.6 is 0 Å². The van der Waals surface area contributed by atoms with Gasteiger partial charge in [0.25, 0.3) is 0 Å². The molecule has 4 saturated carbocycles. The van der Waals surface area contributed by atoms with Gasteiger partial charge >= 0.3 is 5.97 Å². The minimum absolute atomic E-state index is 0.231. The van der Waals surface area contributed by atoms with E-state index in [1.165, 1.54) is 44.1 Å². The maximum atomic E-state index is 11.1. The molecule has 0 atom stereocenters. The maximum absolute atomic E-state index is 11.1. The molecule has 0 saturated heterocycles. The molecule has 3 aromatic rings. The van der Waals surface area contributed by atoms with Gasteiger partial charge in [0.05, 0.1) is 12.2 Å². The van der Waals surface area contributed by atoms with Gasteiger partial charge in [-0.3, -0.25) is 0 Å². The number of nitrogens with zero attached hydrogens (tertiary/aromatic N) is 1. The normalized spacial score (nSPS) is 27.6. The van der Waals surface area contributed by atoms with Gasteiger partial charge < -0.3 is 14.4 Å². The molecule has 1 heterocycles. The smallest absolute Gasteiger partial charge is 0.335 e. The third-order valence-electron chi connectivity index (χ3n) is 8.11. The molecular formula is C28H29NO4. The Morgan fingerprint density at radius 1 is 1.00 bits per heavy atom. The van der Waals surface area contributed by atoms with Crippen molar-refractivity contribution in [2.75, 3.05) is 6.61 Å². The summed E-state index contributed by atoms with van der Waals surface area (Å²) in [6, 6.07) is 15.1. The van der Waals surface area contributed by atoms with E-state index in [-0.39, 0.29) is 11.0 Å². The van der Waals surface area contributed by atoms with Crippen molar-refractivity contribution in [3.63, 3.8) is 0 Å². The summed E-state index contributed by atoms with van der Waals surface area (Å²) in [6.45, 7) is 2.72. The lowest BCUT2D eigenvalue weighted by molar-refractivity contribution is -0.00631. The highest BCUT2D eigenvalue weighted by atomic mass is 16.5. The van der Waals surface area contributed by atoms with Gasteiger partial charge in [-0.05, 0) is 98.9 Å². The van der Waals surface area contributed by atoms with Crippen molar-refractivity contribution in [1.82, 2.24) is 5.16 Å². The summed E-state index contributed by atoms with van der Waals surface area (Å²) in [7, 11) is 0. The SMILES string of the molecule is CCOc1ccc(-c2cc(-c3ccc(C(=O)O)cc3)on2)cc1C12CC3CC(CC(C3)C1)C2. The number of carboxylic acid groups (broad SMARTS) is 1. The van der Waals surface area contributed by atoms with Crippen LogP contribution < -0.4 is 4.74 Å². The van der Waals surface area contributed by atoms with E-state index in [4.69, 9.17) is 14.4 Å². The van der Waals surface area contributed by atoms with Gasteiger partial charge in [-0.1, -0.05) is 17.3 Å². The van der Waals surface area contributed by atoms with Crippen LogP contribution in [0.3, 0.4) is 0 Å². The van der Waals surface area contributed by atoms with Crippen LogP contribution in [0.2, 0.25) is 0 Å². The van der Waals surface area contributed by atoms with Crippen LogP contribution in [0.1, 0.15) is 61.4 Å². The molecule has 33 heavy (non-hydrogen) atoms. The van der Waals surface area contributed by atoms with Gasteiger partial charge in [-0.15, -0.1) is 0 Å². The lowest BCUT2D eigenvalue weighted by atomic mass is 9.48. The first-order valence-corrected chi connectivity index (χ1v) is 12.1. The van der Waals surface area contributed by atoms with E-state index in [1.54, 1.807) is 24.3 Å². The van der Waals surface area contributed by atoms with Gasteiger partial charge in [0.2, 0.25) is 0 Å². The molecular weight excluding hydrogens is 414 g/mol. The summed E-state index contributed by atoms with van der Waals surface area (Å²) in [5.74, 6) is 3.31. The minimum atomic E-state index is -0.939. The summed E-state index contributed by atoms with van der Waals surface area (Å²) < 4.78 is 11.8. The van der Waals surface area contributed by atoms with Gasteiger partial charge in [0.1, 0.15) is 11.4 Å². The Morgan fingerprint density at radius 2 is 1.64 bits per heavy atom. The molecule has 4 fully saturated rings. The van der Waals surface area contributed by atoms with E-state index in [9.17, 15) is 4.79 Å². The standard InChI is InChI=1S/C28H29NO4/c1-2-32-25-8-7-22(12-23(25)28-14-17-9-18(15-28)11-19(10-17)16-28)24-13-26(33-29-24)20-3-5-21(6-4-20)27(30)31/h3-8,12-13,17-19H,2,9-11,14-16H2,1H3,(H,30,31). The molecule has 4 aliphatic carbocycles. The Balaban J connectivity index is 1.36. The zero-order chi connectivity index (χ0) is 22.6. The van der Waals surface area contributed by atoms with Gasteiger partial charge in [-0.25, -0.2) is 4.79 Å². The Morgan fingerprint density at radius 3 is 2.24 bits per heavy atom. The molecule has 0 amide bonds. The van der Waals surface area contributed by atoms with Crippen LogP contribution in [0.5, 0.6) is 5.75 Å². The van der Waals surface area contributed by atoms with Crippen LogP contribution in [0, 0.1) is 17.8 Å². The van der Waals surface area contributed by atoms with Crippen molar-refractivity contribution in [2.45, 2.75) is 50.9 Å². The van der Waals surface area contributed by atoms with E-state index in [2.05, 4.69) is 30.3 Å². The molecule has 7 rings (SSSR count). The number of hydrogen-bond acceptors (Lipinski definition) is 4. The van der Waals surface area contributed by atoms with Crippen LogP contribution in [0.25, 0.3) is 22.6 Å². The van der Waals surface area contributed by atoms with Crippen molar-refractivity contribution in [3.8, 4) is 28.3 Å². The van der Waals surface area contributed by atoms with Crippen molar-refractivity contribution in [1.29, 1.82) is 0 Å². The second-order valence-electron chi connectivity index (χ2n) is 10.3. The number of hydrogen-bond donors (Lipinski definition) is 1. The van der Waals surface area contributed by atoms with E-state index in [1.807, 2.05) is 6.07 Å². The average Bonchev–Trinajstić information content (AvgIpc) is 3.29. The summed E-state index contributed by atoms with van der Waals surface area (Å²) in [5.41, 5.74) is 4.49. The van der Waals surface area contributed by atoms with E-state index in [0.29, 0.717) is 12.4 Å². The zero-order valence-electron chi connectivity index (χ0n) is 18.9. The molecule has 2 aromatic carbocycles. The third-order valence-corrected chi connectivity index (χ3v) is 8.11. The summed E-state index contributed by atoms with van der Waals surface area (Å²) >= 11 is 0. The van der Waals surface area contributed by atoms with Crippen LogP contribution in [0.4, 0.5) is 0 Å². The zero-order valence-corrected chi connectivity index (χ0v) is 18.9. The van der Waals surface area contributed by atoms with Crippen LogP contribution in [0.15, 0.2) is 53.1 Å². The number of ether oxygens (including phenoxy) is 1. The van der Waals surface area contributed by atoms with Crippen LogP contribution in [-0.2, 0) is 5.41 Å². The largest absolute Gasteiger partial charge is 0.494 e. The fourth-order valence-electron chi connectivity index (χ4n) is 7.15. The fourth-order valence-corrected chi connectivity index (χ4v) is 7.15. The molecule has 4 bridgehead atoms. The van der Waals surface area contributed by atoms with E-state index in [0.717, 1.165) is 40.3 Å². The summed E-state index contributed by atoms with van der Waals surface area (Å²) in [5, 5.41) is 13.5. The number of rotatable bonds is 6. The van der Waals surface area contributed by atoms with Crippen molar-refractivity contribution in [2.24, 2.45) is 17.8 Å². The molecule has 0 radical (unpaired) electrons. The van der Waals surface area contributed by atoms with Crippen molar-refractivity contribution < 1.29 is 19.2 Å². The molecule has 5 heteroatoms. The quantitative estimate of drug-likeness (QED) is 0.466. The number of carboxylic acids is 1. The number of aromatic carboxylic acids is 1. The fraction of sp³-hybridized carbons (Fsp3) is 0.429. The van der Waals surface area contributed by atoms with Gasteiger partial charge in [0, 0.05) is 22.8 Å². The lowest BCUT2D eigenvalue weighted by Crippen LogP contribution is -2.48. The monoisotopic (exact) mass is 443 g/mol. The molecule has 0 spiro atoms. The first-order valence-electron chi connectivity index (χ1n) is 12.1. The highest BCUT2D eigenvalue weighted by molar-refractivity contribution is 5.88. The predicted molar refractivity (Wildman–Crippen MR) is 125 cm³/mol. The minimum Gasteiger partial charge on any atom is -0.494 e. The Hall–Kier alpha value is -3.08. The Kier molecular flexibility index (Phi) is 4.82. The number of aromatic nitrogens is 1. The molecule has 5 nitrogen and oxygen atoms in total. The van der Waals surface area contributed by atoms with Gasteiger partial charge in [-0.2, -0.15) is 0 Å².